The molecule has 0 bridgehead atoms. The summed E-state index contributed by atoms with van der Waals surface area (Å²) in [7, 11) is 1.80. The van der Waals surface area contributed by atoms with Gasteiger partial charge in [-0.15, -0.1) is 24.0 Å². The lowest BCUT2D eigenvalue weighted by Gasteiger charge is -2.42. The lowest BCUT2D eigenvalue weighted by atomic mass is 9.67. The van der Waals surface area contributed by atoms with Gasteiger partial charge in [-0.25, -0.2) is 0 Å². The van der Waals surface area contributed by atoms with Gasteiger partial charge in [0.05, 0.1) is 0 Å². The van der Waals surface area contributed by atoms with Crippen LogP contribution in [0.15, 0.2) is 4.99 Å². The maximum Gasteiger partial charge on any atom is 0.191 e. The Morgan fingerprint density at radius 3 is 2.15 bits per heavy atom. The van der Waals surface area contributed by atoms with E-state index < -0.39 is 0 Å². The van der Waals surface area contributed by atoms with Crippen LogP contribution in [0.4, 0.5) is 0 Å². The minimum Gasteiger partial charge on any atom is -0.385 e. The summed E-state index contributed by atoms with van der Waals surface area (Å²) in [5, 5.41) is 7.08. The Hall–Kier alpha value is -0.0800. The molecule has 0 aromatic rings. The molecule has 27 heavy (non-hydrogen) atoms. The third kappa shape index (κ3) is 8.05. The molecule has 0 heterocycles. The Labute approximate surface area is 183 Å². The molecule has 0 saturated heterocycles. The fraction of sp³-hybridized carbons (Fsp3) is 0.952. The highest BCUT2D eigenvalue weighted by atomic mass is 127. The van der Waals surface area contributed by atoms with E-state index in [0.29, 0.717) is 10.8 Å². The first-order valence-corrected chi connectivity index (χ1v) is 10.8. The van der Waals surface area contributed by atoms with Crippen LogP contribution in [0.2, 0.25) is 0 Å². The van der Waals surface area contributed by atoms with Crippen LogP contribution in [-0.4, -0.2) is 52.5 Å². The monoisotopic (exact) mass is 495 g/mol. The summed E-state index contributed by atoms with van der Waals surface area (Å²) in [6, 6.07) is 0. The first-order valence-electron chi connectivity index (χ1n) is 10.8. The number of halogens is 1. The molecule has 0 radical (unpaired) electrons. The summed E-state index contributed by atoms with van der Waals surface area (Å²) in [4.78, 5) is 5.00. The van der Waals surface area contributed by atoms with Crippen LogP contribution in [0.5, 0.6) is 0 Å². The van der Waals surface area contributed by atoms with Gasteiger partial charge >= 0.3 is 0 Å². The number of methoxy groups -OCH3 is 1. The summed E-state index contributed by atoms with van der Waals surface area (Å²) in [5.74, 6) is 0.985. The van der Waals surface area contributed by atoms with Gasteiger partial charge in [-0.1, -0.05) is 19.3 Å². The molecule has 2 fully saturated rings. The van der Waals surface area contributed by atoms with Gasteiger partial charge in [0.1, 0.15) is 0 Å². The van der Waals surface area contributed by atoms with Gasteiger partial charge in [0.15, 0.2) is 5.96 Å². The standard InChI is InChI=1S/C21H41N3O2.HI/c1-4-22-19(24-18-21(11-8-12-21)13-15-25-3)23-17-20(9-6-7-10-20)14-16-26-5-2;/h4-18H2,1-3H3,(H2,22,23,24);1H. The summed E-state index contributed by atoms with van der Waals surface area (Å²) >= 11 is 0. The molecule has 0 unspecified atom stereocenters. The van der Waals surface area contributed by atoms with E-state index in [1.165, 1.54) is 44.9 Å². The predicted octanol–water partition coefficient (Wildman–Crippen LogP) is 4.35. The van der Waals surface area contributed by atoms with Crippen molar-refractivity contribution in [2.24, 2.45) is 15.8 Å². The van der Waals surface area contributed by atoms with Crippen molar-refractivity contribution in [2.45, 2.75) is 71.6 Å². The molecule has 5 nitrogen and oxygen atoms in total. The zero-order valence-electron chi connectivity index (χ0n) is 17.8. The molecule has 160 valence electrons. The number of nitrogens with one attached hydrogen (secondary N) is 2. The number of rotatable bonds is 12. The van der Waals surface area contributed by atoms with Gasteiger partial charge in [0.2, 0.25) is 0 Å². The molecule has 2 rings (SSSR count). The molecule has 0 amide bonds. The van der Waals surface area contributed by atoms with Crippen LogP contribution in [-0.2, 0) is 9.47 Å². The summed E-state index contributed by atoms with van der Waals surface area (Å²) < 4.78 is 11.0. The van der Waals surface area contributed by atoms with E-state index in [2.05, 4.69) is 24.5 Å². The first kappa shape index (κ1) is 25.0. The SMILES string of the molecule is CCNC(=NCC1(CCOCC)CCCC1)NCC1(CCOC)CCC1.I. The average Bonchev–Trinajstić information content (AvgIpc) is 3.07. The van der Waals surface area contributed by atoms with Gasteiger partial charge in [0.25, 0.3) is 0 Å². The van der Waals surface area contributed by atoms with Crippen molar-refractivity contribution >= 4 is 29.9 Å². The zero-order chi connectivity index (χ0) is 18.7. The van der Waals surface area contributed by atoms with Gasteiger partial charge < -0.3 is 20.1 Å². The highest BCUT2D eigenvalue weighted by Crippen LogP contribution is 2.43. The minimum absolute atomic E-state index is 0. The third-order valence-electron chi connectivity index (χ3n) is 6.44. The van der Waals surface area contributed by atoms with E-state index in [-0.39, 0.29) is 24.0 Å². The second-order valence-corrected chi connectivity index (χ2v) is 8.30. The van der Waals surface area contributed by atoms with E-state index in [4.69, 9.17) is 14.5 Å². The molecule has 2 aliphatic rings. The lowest BCUT2D eigenvalue weighted by molar-refractivity contribution is 0.0732. The molecule has 0 aliphatic heterocycles. The lowest BCUT2D eigenvalue weighted by Crippen LogP contribution is -2.47. The van der Waals surface area contributed by atoms with E-state index >= 15 is 0 Å². The van der Waals surface area contributed by atoms with Gasteiger partial charge in [-0.05, 0) is 63.2 Å². The van der Waals surface area contributed by atoms with E-state index in [1.807, 2.05) is 0 Å². The second kappa shape index (κ2) is 13.2. The highest BCUT2D eigenvalue weighted by molar-refractivity contribution is 14.0. The van der Waals surface area contributed by atoms with Crippen LogP contribution < -0.4 is 10.6 Å². The summed E-state index contributed by atoms with van der Waals surface area (Å²) in [6.45, 7) is 9.59. The van der Waals surface area contributed by atoms with Gasteiger partial charge in [-0.2, -0.15) is 0 Å². The fourth-order valence-electron chi connectivity index (χ4n) is 4.42. The highest BCUT2D eigenvalue weighted by Gasteiger charge is 2.37. The van der Waals surface area contributed by atoms with Crippen molar-refractivity contribution in [3.8, 4) is 0 Å². The molecule has 6 heteroatoms. The van der Waals surface area contributed by atoms with Gasteiger partial charge in [-0.3, -0.25) is 4.99 Å². The Morgan fingerprint density at radius 1 is 0.926 bits per heavy atom. The summed E-state index contributed by atoms with van der Waals surface area (Å²) in [6.07, 6.45) is 11.5. The van der Waals surface area contributed by atoms with Crippen LogP contribution in [0.25, 0.3) is 0 Å². The second-order valence-electron chi connectivity index (χ2n) is 8.30. The topological polar surface area (TPSA) is 54.9 Å². The van der Waals surface area contributed by atoms with Crippen molar-refractivity contribution in [1.82, 2.24) is 10.6 Å². The maximum atomic E-state index is 5.64. The van der Waals surface area contributed by atoms with E-state index in [9.17, 15) is 0 Å². The largest absolute Gasteiger partial charge is 0.385 e. The average molecular weight is 495 g/mol. The summed E-state index contributed by atoms with van der Waals surface area (Å²) in [5.41, 5.74) is 0.758. The Bertz CT molecular complexity index is 422. The van der Waals surface area contributed by atoms with E-state index in [0.717, 1.165) is 58.3 Å². The van der Waals surface area contributed by atoms with Crippen LogP contribution in [0.3, 0.4) is 0 Å². The van der Waals surface area contributed by atoms with E-state index in [1.54, 1.807) is 7.11 Å². The molecule has 2 saturated carbocycles. The normalized spacial score (nSPS) is 20.6. The van der Waals surface area contributed by atoms with Crippen LogP contribution in [0, 0.1) is 10.8 Å². The van der Waals surface area contributed by atoms with Crippen molar-refractivity contribution in [3.05, 3.63) is 0 Å². The van der Waals surface area contributed by atoms with Crippen LogP contribution >= 0.6 is 24.0 Å². The first-order chi connectivity index (χ1) is 12.7. The third-order valence-corrected chi connectivity index (χ3v) is 6.44. The Kier molecular flexibility index (Phi) is 12.2. The fourth-order valence-corrected chi connectivity index (χ4v) is 4.42. The van der Waals surface area contributed by atoms with Crippen molar-refractivity contribution in [2.75, 3.05) is 46.6 Å². The number of hydrogen-bond donors (Lipinski definition) is 2. The maximum absolute atomic E-state index is 5.64. The van der Waals surface area contributed by atoms with Crippen molar-refractivity contribution < 1.29 is 9.47 Å². The Balaban J connectivity index is 0.00000364. The predicted molar refractivity (Wildman–Crippen MR) is 124 cm³/mol. The van der Waals surface area contributed by atoms with Gasteiger partial charge in [0, 0.05) is 46.6 Å². The molecular formula is C21H42IN3O2. The number of ether oxygens (including phenoxy) is 2. The molecule has 0 atom stereocenters. The number of guanidine groups is 1. The van der Waals surface area contributed by atoms with Crippen molar-refractivity contribution in [1.29, 1.82) is 0 Å². The number of hydrogen-bond acceptors (Lipinski definition) is 3. The molecule has 2 aliphatic carbocycles. The van der Waals surface area contributed by atoms with Crippen LogP contribution in [0.1, 0.15) is 71.6 Å². The Morgan fingerprint density at radius 2 is 1.59 bits per heavy atom. The molecule has 0 aromatic heterocycles. The molecule has 0 spiro atoms. The number of aliphatic imine (C=N–C) groups is 1. The smallest absolute Gasteiger partial charge is 0.191 e. The zero-order valence-corrected chi connectivity index (χ0v) is 20.1. The molecule has 2 N–H and O–H groups in total. The number of nitrogens with zero attached hydrogens (tertiary/aromatic N) is 1. The quantitative estimate of drug-likeness (QED) is 0.183. The molecular weight excluding hydrogens is 453 g/mol. The minimum atomic E-state index is 0. The molecule has 0 aromatic carbocycles. The van der Waals surface area contributed by atoms with Crippen molar-refractivity contribution in [3.63, 3.8) is 0 Å².